The molecule has 0 saturated carbocycles. The maximum absolute atomic E-state index is 3.69. The lowest BCUT2D eigenvalue weighted by Gasteiger charge is -2.37. The molecule has 1 aliphatic rings. The van der Waals surface area contributed by atoms with Crippen molar-refractivity contribution in [1.29, 1.82) is 0 Å². The Morgan fingerprint density at radius 1 is 1.31 bits per heavy atom. The zero-order valence-corrected chi connectivity index (χ0v) is 12.1. The second-order valence-electron chi connectivity index (χ2n) is 5.88. The Balaban J connectivity index is 2.34. The van der Waals surface area contributed by atoms with E-state index in [2.05, 4.69) is 61.1 Å². The van der Waals surface area contributed by atoms with Crippen LogP contribution in [-0.4, -0.2) is 6.04 Å². The third-order valence-electron chi connectivity index (χ3n) is 3.38. The summed E-state index contributed by atoms with van der Waals surface area (Å²) in [7, 11) is 0. The number of nitrogens with one attached hydrogen (secondary N) is 1. The van der Waals surface area contributed by atoms with E-state index in [1.807, 2.05) is 0 Å². The second-order valence-corrected chi connectivity index (χ2v) is 6.74. The van der Waals surface area contributed by atoms with Crippen LogP contribution < -0.4 is 5.32 Å². The number of fused-ring (bicyclic) bond motifs is 1. The lowest BCUT2D eigenvalue weighted by atomic mass is 9.81. The van der Waals surface area contributed by atoms with Gasteiger partial charge in [0.1, 0.15) is 0 Å². The van der Waals surface area contributed by atoms with Crippen molar-refractivity contribution in [2.45, 2.75) is 46.6 Å². The van der Waals surface area contributed by atoms with Crippen molar-refractivity contribution in [2.24, 2.45) is 5.41 Å². The predicted molar refractivity (Wildman–Crippen MR) is 74.1 cm³/mol. The van der Waals surface area contributed by atoms with Gasteiger partial charge in [-0.3, -0.25) is 0 Å². The van der Waals surface area contributed by atoms with Crippen molar-refractivity contribution in [2.75, 3.05) is 5.32 Å². The fraction of sp³-hybridized carbons (Fsp3) is 0.571. The van der Waals surface area contributed by atoms with Gasteiger partial charge in [-0.15, -0.1) is 0 Å². The van der Waals surface area contributed by atoms with Gasteiger partial charge in [0, 0.05) is 10.5 Å². The van der Waals surface area contributed by atoms with E-state index in [0.717, 1.165) is 0 Å². The number of aryl methyl sites for hydroxylation is 2. The molecular weight excluding hydrogens is 262 g/mol. The Morgan fingerprint density at radius 3 is 2.62 bits per heavy atom. The molecule has 1 heterocycles. The molecule has 0 radical (unpaired) electrons. The van der Waals surface area contributed by atoms with Gasteiger partial charge in [-0.05, 0) is 58.3 Å². The number of halogens is 1. The average molecular weight is 282 g/mol. The molecule has 1 aliphatic heterocycles. The standard InChI is InChI=1S/C14H20BrN/c1-9-7-10-5-6-12(14(2,3)4)16-13(10)11(15)8-9/h7-8,12,16H,5-6H2,1-4H3. The molecule has 0 spiro atoms. The van der Waals surface area contributed by atoms with Crippen LogP contribution in [0, 0.1) is 12.3 Å². The zero-order valence-electron chi connectivity index (χ0n) is 10.5. The van der Waals surface area contributed by atoms with Gasteiger partial charge < -0.3 is 5.32 Å². The van der Waals surface area contributed by atoms with E-state index in [1.54, 1.807) is 0 Å². The monoisotopic (exact) mass is 281 g/mol. The summed E-state index contributed by atoms with van der Waals surface area (Å²) in [6.07, 6.45) is 2.41. The number of benzene rings is 1. The molecule has 0 aliphatic carbocycles. The summed E-state index contributed by atoms with van der Waals surface area (Å²) < 4.78 is 1.21. The first kappa shape index (κ1) is 12.0. The Labute approximate surface area is 107 Å². The molecule has 0 saturated heterocycles. The molecule has 88 valence electrons. The molecular formula is C14H20BrN. The third kappa shape index (κ3) is 2.27. The van der Waals surface area contributed by atoms with Gasteiger partial charge in [0.25, 0.3) is 0 Å². The SMILES string of the molecule is Cc1cc(Br)c2c(c1)CCC(C(C)(C)C)N2. The Hall–Kier alpha value is -0.500. The lowest BCUT2D eigenvalue weighted by molar-refractivity contribution is 0.321. The van der Waals surface area contributed by atoms with Crippen LogP contribution in [0.5, 0.6) is 0 Å². The fourth-order valence-corrected chi connectivity index (χ4v) is 3.10. The van der Waals surface area contributed by atoms with Crippen molar-refractivity contribution < 1.29 is 0 Å². The molecule has 0 aromatic heterocycles. The molecule has 1 aromatic rings. The van der Waals surface area contributed by atoms with Crippen molar-refractivity contribution in [3.63, 3.8) is 0 Å². The molecule has 0 fully saturated rings. The van der Waals surface area contributed by atoms with E-state index in [1.165, 1.54) is 34.1 Å². The normalized spacial score (nSPS) is 20.2. The highest BCUT2D eigenvalue weighted by molar-refractivity contribution is 9.10. The van der Waals surface area contributed by atoms with Gasteiger partial charge in [-0.25, -0.2) is 0 Å². The number of hydrogen-bond acceptors (Lipinski definition) is 1. The van der Waals surface area contributed by atoms with Crippen LogP contribution in [0.15, 0.2) is 16.6 Å². The summed E-state index contributed by atoms with van der Waals surface area (Å²) in [4.78, 5) is 0. The zero-order chi connectivity index (χ0) is 11.9. The highest BCUT2D eigenvalue weighted by Gasteiger charge is 2.28. The van der Waals surface area contributed by atoms with Crippen molar-refractivity contribution in [3.05, 3.63) is 27.7 Å². The van der Waals surface area contributed by atoms with Gasteiger partial charge in [0.2, 0.25) is 0 Å². The summed E-state index contributed by atoms with van der Waals surface area (Å²) in [6, 6.07) is 5.06. The van der Waals surface area contributed by atoms with Gasteiger partial charge in [0.15, 0.2) is 0 Å². The predicted octanol–water partition coefficient (Wildman–Crippen LogP) is 4.53. The van der Waals surface area contributed by atoms with Gasteiger partial charge in [0.05, 0.1) is 5.69 Å². The number of rotatable bonds is 0. The van der Waals surface area contributed by atoms with Crippen molar-refractivity contribution in [1.82, 2.24) is 0 Å². The molecule has 2 heteroatoms. The summed E-state index contributed by atoms with van der Waals surface area (Å²) >= 11 is 3.66. The van der Waals surface area contributed by atoms with Crippen molar-refractivity contribution >= 4 is 21.6 Å². The van der Waals surface area contributed by atoms with E-state index in [-0.39, 0.29) is 0 Å². The molecule has 1 nitrogen and oxygen atoms in total. The van der Waals surface area contributed by atoms with Crippen LogP contribution in [-0.2, 0) is 6.42 Å². The van der Waals surface area contributed by atoms with Gasteiger partial charge >= 0.3 is 0 Å². The maximum Gasteiger partial charge on any atom is 0.0519 e. The van der Waals surface area contributed by atoms with Crippen LogP contribution >= 0.6 is 15.9 Å². The van der Waals surface area contributed by atoms with E-state index in [9.17, 15) is 0 Å². The molecule has 16 heavy (non-hydrogen) atoms. The second kappa shape index (κ2) is 4.06. The number of hydrogen-bond donors (Lipinski definition) is 1. The fourth-order valence-electron chi connectivity index (χ4n) is 2.37. The molecule has 1 N–H and O–H groups in total. The quantitative estimate of drug-likeness (QED) is 0.737. The van der Waals surface area contributed by atoms with Gasteiger partial charge in [-0.2, -0.15) is 0 Å². The smallest absolute Gasteiger partial charge is 0.0519 e. The molecule has 1 aromatic carbocycles. The largest absolute Gasteiger partial charge is 0.381 e. The van der Waals surface area contributed by atoms with Crippen molar-refractivity contribution in [3.8, 4) is 0 Å². The summed E-state index contributed by atoms with van der Waals surface area (Å²) in [5.41, 5.74) is 4.41. The topological polar surface area (TPSA) is 12.0 Å². The minimum atomic E-state index is 0.321. The molecule has 0 amide bonds. The summed E-state index contributed by atoms with van der Waals surface area (Å²) in [5.74, 6) is 0. The van der Waals surface area contributed by atoms with Crippen LogP contribution in [0.1, 0.15) is 38.3 Å². The van der Waals surface area contributed by atoms with E-state index >= 15 is 0 Å². The summed E-state index contributed by atoms with van der Waals surface area (Å²) in [5, 5.41) is 3.69. The molecule has 2 rings (SSSR count). The molecule has 0 bridgehead atoms. The summed E-state index contributed by atoms with van der Waals surface area (Å²) in [6.45, 7) is 9.06. The first-order valence-electron chi connectivity index (χ1n) is 5.93. The first-order valence-corrected chi connectivity index (χ1v) is 6.73. The first-order chi connectivity index (χ1) is 7.38. The lowest BCUT2D eigenvalue weighted by Crippen LogP contribution is -2.37. The van der Waals surface area contributed by atoms with Gasteiger partial charge in [-0.1, -0.05) is 26.8 Å². The Bertz CT molecular complexity index is 404. The van der Waals surface area contributed by atoms with Crippen LogP contribution in [0.3, 0.4) is 0 Å². The highest BCUT2D eigenvalue weighted by atomic mass is 79.9. The molecule has 1 unspecified atom stereocenters. The van der Waals surface area contributed by atoms with E-state index in [0.29, 0.717) is 11.5 Å². The van der Waals surface area contributed by atoms with Crippen LogP contribution in [0.25, 0.3) is 0 Å². The Kier molecular flexibility index (Phi) is 3.04. The van der Waals surface area contributed by atoms with Crippen LogP contribution in [0.2, 0.25) is 0 Å². The van der Waals surface area contributed by atoms with E-state index < -0.39 is 0 Å². The van der Waals surface area contributed by atoms with Crippen LogP contribution in [0.4, 0.5) is 5.69 Å². The Morgan fingerprint density at radius 2 is 2.00 bits per heavy atom. The highest BCUT2D eigenvalue weighted by Crippen LogP contribution is 2.37. The minimum absolute atomic E-state index is 0.321. The number of anilines is 1. The minimum Gasteiger partial charge on any atom is -0.381 e. The van der Waals surface area contributed by atoms with E-state index in [4.69, 9.17) is 0 Å². The molecule has 1 atom stereocenters. The maximum atomic E-state index is 3.69. The average Bonchev–Trinajstić information content (AvgIpc) is 2.15. The third-order valence-corrected chi connectivity index (χ3v) is 4.01.